The Balaban J connectivity index is 2.99. The van der Waals surface area contributed by atoms with Gasteiger partial charge < -0.3 is 4.79 Å². The molecule has 0 aromatic carbocycles. The lowest BCUT2D eigenvalue weighted by atomic mass is 10.1. The van der Waals surface area contributed by atoms with E-state index in [-0.39, 0.29) is 0 Å². The molecular weight excluding hydrogens is 172 g/mol. The van der Waals surface area contributed by atoms with Gasteiger partial charge in [0, 0.05) is 6.42 Å². The minimum atomic E-state index is 0.326. The zero-order valence-corrected chi connectivity index (χ0v) is 9.77. The second-order valence-electron chi connectivity index (χ2n) is 4.28. The lowest BCUT2D eigenvalue weighted by molar-refractivity contribution is -0.117. The van der Waals surface area contributed by atoms with Crippen molar-refractivity contribution < 1.29 is 4.79 Å². The maximum Gasteiger partial charge on any atom is 0.129 e. The van der Waals surface area contributed by atoms with Gasteiger partial charge >= 0.3 is 0 Å². The summed E-state index contributed by atoms with van der Waals surface area (Å²) < 4.78 is 0. The van der Waals surface area contributed by atoms with E-state index < -0.39 is 0 Å². The standard InChI is InChI=1S/C13H24O/c1-12(2)10-8-6-4-5-7-9-11-13(3)14/h1,4-11H2,2-3H3. The van der Waals surface area contributed by atoms with Crippen molar-refractivity contribution in [3.05, 3.63) is 12.2 Å². The van der Waals surface area contributed by atoms with E-state index in [1.54, 1.807) is 6.92 Å². The highest BCUT2D eigenvalue weighted by atomic mass is 16.1. The lowest BCUT2D eigenvalue weighted by Crippen LogP contribution is -1.89. The Morgan fingerprint density at radius 3 is 1.71 bits per heavy atom. The third kappa shape index (κ3) is 11.4. The second-order valence-corrected chi connectivity index (χ2v) is 4.28. The van der Waals surface area contributed by atoms with Gasteiger partial charge in [0.25, 0.3) is 0 Å². The third-order valence-corrected chi connectivity index (χ3v) is 2.38. The van der Waals surface area contributed by atoms with Crippen LogP contribution in [0.2, 0.25) is 0 Å². The van der Waals surface area contributed by atoms with E-state index in [4.69, 9.17) is 0 Å². The zero-order chi connectivity index (χ0) is 10.8. The van der Waals surface area contributed by atoms with Gasteiger partial charge in [-0.15, -0.1) is 6.58 Å². The van der Waals surface area contributed by atoms with Crippen LogP contribution in [0.3, 0.4) is 0 Å². The van der Waals surface area contributed by atoms with Crippen molar-refractivity contribution in [3.8, 4) is 0 Å². The van der Waals surface area contributed by atoms with Crippen molar-refractivity contribution in [1.82, 2.24) is 0 Å². The Morgan fingerprint density at radius 1 is 0.857 bits per heavy atom. The first-order valence-electron chi connectivity index (χ1n) is 5.76. The number of carbonyl (C=O) groups excluding carboxylic acids is 1. The Kier molecular flexibility index (Phi) is 8.61. The van der Waals surface area contributed by atoms with Gasteiger partial charge in [0.1, 0.15) is 5.78 Å². The van der Waals surface area contributed by atoms with Gasteiger partial charge in [0.05, 0.1) is 0 Å². The molecule has 0 rings (SSSR count). The average molecular weight is 196 g/mol. The van der Waals surface area contributed by atoms with E-state index in [2.05, 4.69) is 13.5 Å². The summed E-state index contributed by atoms with van der Waals surface area (Å²) in [6.45, 7) is 7.65. The summed E-state index contributed by atoms with van der Waals surface area (Å²) in [7, 11) is 0. The quantitative estimate of drug-likeness (QED) is 0.397. The molecule has 0 aliphatic carbocycles. The smallest absolute Gasteiger partial charge is 0.129 e. The number of carbonyl (C=O) groups is 1. The SMILES string of the molecule is C=C(C)CCCCCCCCC(C)=O. The highest BCUT2D eigenvalue weighted by molar-refractivity contribution is 5.75. The highest BCUT2D eigenvalue weighted by Crippen LogP contribution is 2.10. The largest absolute Gasteiger partial charge is 0.300 e. The van der Waals surface area contributed by atoms with E-state index in [9.17, 15) is 4.79 Å². The van der Waals surface area contributed by atoms with Crippen LogP contribution in [-0.4, -0.2) is 5.78 Å². The molecule has 0 saturated heterocycles. The Morgan fingerprint density at radius 2 is 1.29 bits per heavy atom. The Labute approximate surface area is 88.6 Å². The third-order valence-electron chi connectivity index (χ3n) is 2.38. The van der Waals surface area contributed by atoms with Crippen LogP contribution < -0.4 is 0 Å². The van der Waals surface area contributed by atoms with E-state index >= 15 is 0 Å². The molecule has 0 radical (unpaired) electrons. The van der Waals surface area contributed by atoms with Gasteiger partial charge in [-0.3, -0.25) is 0 Å². The molecule has 0 bridgehead atoms. The molecule has 0 aromatic rings. The normalized spacial score (nSPS) is 10.1. The van der Waals surface area contributed by atoms with Gasteiger partial charge in [-0.05, 0) is 33.1 Å². The second kappa shape index (κ2) is 8.98. The van der Waals surface area contributed by atoms with Gasteiger partial charge in [-0.25, -0.2) is 0 Å². The summed E-state index contributed by atoms with van der Waals surface area (Å²) in [5.74, 6) is 0.326. The molecule has 0 spiro atoms. The van der Waals surface area contributed by atoms with Crippen LogP contribution in [0, 0.1) is 0 Å². The van der Waals surface area contributed by atoms with Crippen molar-refractivity contribution in [2.75, 3.05) is 0 Å². The molecule has 1 nitrogen and oxygen atoms in total. The Hall–Kier alpha value is -0.590. The van der Waals surface area contributed by atoms with Crippen LogP contribution in [0.4, 0.5) is 0 Å². The Bertz CT molecular complexity index is 150. The van der Waals surface area contributed by atoms with Crippen molar-refractivity contribution >= 4 is 5.78 Å². The predicted octanol–water partition coefficient (Wildman–Crippen LogP) is 4.27. The number of Topliss-reactive ketones (excluding diaryl/α,β-unsaturated/α-hetero) is 1. The van der Waals surface area contributed by atoms with Gasteiger partial charge in [-0.2, -0.15) is 0 Å². The molecule has 0 N–H and O–H groups in total. The molecule has 14 heavy (non-hydrogen) atoms. The van der Waals surface area contributed by atoms with Crippen LogP contribution in [-0.2, 0) is 4.79 Å². The number of hydrogen-bond acceptors (Lipinski definition) is 1. The summed E-state index contributed by atoms with van der Waals surface area (Å²) in [5, 5.41) is 0. The minimum Gasteiger partial charge on any atom is -0.300 e. The molecule has 0 unspecified atom stereocenters. The van der Waals surface area contributed by atoms with Gasteiger partial charge in [0.2, 0.25) is 0 Å². The first-order valence-corrected chi connectivity index (χ1v) is 5.76. The molecule has 0 fully saturated rings. The first kappa shape index (κ1) is 13.4. The topological polar surface area (TPSA) is 17.1 Å². The summed E-state index contributed by atoms with van der Waals surface area (Å²) in [4.78, 5) is 10.6. The number of allylic oxidation sites excluding steroid dienone is 1. The van der Waals surface area contributed by atoms with Crippen molar-refractivity contribution in [2.45, 2.75) is 65.2 Å². The summed E-state index contributed by atoms with van der Waals surface area (Å²) in [6.07, 6.45) is 9.42. The number of unbranched alkanes of at least 4 members (excludes halogenated alkanes) is 5. The monoisotopic (exact) mass is 196 g/mol. The van der Waals surface area contributed by atoms with Crippen LogP contribution in [0.25, 0.3) is 0 Å². The van der Waals surface area contributed by atoms with Crippen molar-refractivity contribution in [3.63, 3.8) is 0 Å². The molecule has 0 heterocycles. The summed E-state index contributed by atoms with van der Waals surface area (Å²) in [5.41, 5.74) is 1.29. The average Bonchev–Trinajstić information content (AvgIpc) is 2.08. The lowest BCUT2D eigenvalue weighted by Gasteiger charge is -2.01. The fraction of sp³-hybridized carbons (Fsp3) is 0.769. The molecule has 0 saturated carbocycles. The van der Waals surface area contributed by atoms with Crippen molar-refractivity contribution in [1.29, 1.82) is 0 Å². The molecule has 0 aliphatic rings. The fourth-order valence-electron chi connectivity index (χ4n) is 1.51. The highest BCUT2D eigenvalue weighted by Gasteiger charge is 1.94. The van der Waals surface area contributed by atoms with Gasteiger partial charge in [-0.1, -0.05) is 31.3 Å². The van der Waals surface area contributed by atoms with Crippen LogP contribution in [0.15, 0.2) is 12.2 Å². The molecule has 0 aromatic heterocycles. The van der Waals surface area contributed by atoms with Crippen molar-refractivity contribution in [2.24, 2.45) is 0 Å². The molecule has 0 atom stereocenters. The van der Waals surface area contributed by atoms with Crippen LogP contribution >= 0.6 is 0 Å². The molecule has 1 heteroatoms. The maximum absolute atomic E-state index is 10.6. The van der Waals surface area contributed by atoms with Crippen LogP contribution in [0.1, 0.15) is 65.2 Å². The summed E-state index contributed by atoms with van der Waals surface area (Å²) >= 11 is 0. The molecule has 82 valence electrons. The first-order chi connectivity index (χ1) is 6.63. The zero-order valence-electron chi connectivity index (χ0n) is 9.77. The number of ketones is 1. The minimum absolute atomic E-state index is 0.326. The van der Waals surface area contributed by atoms with Crippen LogP contribution in [0.5, 0.6) is 0 Å². The van der Waals surface area contributed by atoms with E-state index in [0.717, 1.165) is 12.8 Å². The maximum atomic E-state index is 10.6. The molecule has 0 amide bonds. The number of hydrogen-bond donors (Lipinski definition) is 0. The number of rotatable bonds is 9. The van der Waals surface area contributed by atoms with E-state index in [1.165, 1.54) is 44.1 Å². The summed E-state index contributed by atoms with van der Waals surface area (Å²) in [6, 6.07) is 0. The predicted molar refractivity (Wildman–Crippen MR) is 62.4 cm³/mol. The van der Waals surface area contributed by atoms with Gasteiger partial charge in [0.15, 0.2) is 0 Å². The van der Waals surface area contributed by atoms with E-state index in [1.807, 2.05) is 0 Å². The molecule has 0 aliphatic heterocycles. The molecular formula is C13H24O. The fourth-order valence-corrected chi connectivity index (χ4v) is 1.51. The van der Waals surface area contributed by atoms with E-state index in [0.29, 0.717) is 5.78 Å².